The molecule has 1 heterocycles. The molecule has 1 fully saturated rings. The van der Waals surface area contributed by atoms with Gasteiger partial charge < -0.3 is 10.2 Å². The molecule has 1 aliphatic carbocycles. The zero-order valence-electron chi connectivity index (χ0n) is 10.1. The minimum atomic E-state index is -0.602. The molecule has 0 radical (unpaired) electrons. The van der Waals surface area contributed by atoms with Gasteiger partial charge in [-0.25, -0.2) is 0 Å². The van der Waals surface area contributed by atoms with Gasteiger partial charge in [-0.15, -0.1) is 0 Å². The summed E-state index contributed by atoms with van der Waals surface area (Å²) in [6.07, 6.45) is -0.00617. The summed E-state index contributed by atoms with van der Waals surface area (Å²) >= 11 is 0. The Hall–Kier alpha value is -0.870. The van der Waals surface area contributed by atoms with E-state index in [4.69, 9.17) is 0 Å². The molecule has 1 aromatic heterocycles. The van der Waals surface area contributed by atoms with E-state index in [9.17, 15) is 10.2 Å². The summed E-state index contributed by atoms with van der Waals surface area (Å²) in [7, 11) is 0. The molecule has 1 saturated carbocycles. The number of aliphatic hydroxyl groups excluding tert-OH is 2. The van der Waals surface area contributed by atoms with E-state index in [0.29, 0.717) is 18.8 Å². The fourth-order valence-electron chi connectivity index (χ4n) is 2.43. The normalized spacial score (nSPS) is 30.2. The first-order chi connectivity index (χ1) is 7.49. The lowest BCUT2D eigenvalue weighted by Gasteiger charge is -2.16. The fourth-order valence-corrected chi connectivity index (χ4v) is 2.43. The van der Waals surface area contributed by atoms with Gasteiger partial charge in [-0.2, -0.15) is 5.10 Å². The number of nitrogens with zero attached hydrogens (tertiary/aromatic N) is 2. The predicted octanol–water partition coefficient (Wildman–Crippen LogP) is 1.37. The summed E-state index contributed by atoms with van der Waals surface area (Å²) in [6.45, 7) is 6.24. The van der Waals surface area contributed by atoms with Crippen molar-refractivity contribution < 1.29 is 10.2 Å². The second kappa shape index (κ2) is 4.18. The summed E-state index contributed by atoms with van der Waals surface area (Å²) in [6, 6.07) is 2.22. The van der Waals surface area contributed by atoms with E-state index in [0.717, 1.165) is 5.69 Å². The van der Waals surface area contributed by atoms with Crippen LogP contribution in [0.4, 0.5) is 0 Å². The van der Waals surface area contributed by atoms with Crippen molar-refractivity contribution in [2.24, 2.45) is 0 Å². The van der Waals surface area contributed by atoms with Crippen LogP contribution >= 0.6 is 0 Å². The summed E-state index contributed by atoms with van der Waals surface area (Å²) < 4.78 is 1.99. The number of aryl methyl sites for hydroxylation is 1. The highest BCUT2D eigenvalue weighted by atomic mass is 16.3. The average molecular weight is 224 g/mol. The minimum absolute atomic E-state index is 0.135. The Balaban J connectivity index is 2.27. The first kappa shape index (κ1) is 11.6. The Bertz CT molecular complexity index is 363. The second-order valence-corrected chi connectivity index (χ2v) is 5.07. The van der Waals surface area contributed by atoms with Crippen LogP contribution in [0.15, 0.2) is 6.07 Å². The van der Waals surface area contributed by atoms with Crippen molar-refractivity contribution in [1.82, 2.24) is 9.78 Å². The highest BCUT2D eigenvalue weighted by Gasteiger charge is 2.34. The quantitative estimate of drug-likeness (QED) is 0.797. The largest absolute Gasteiger partial charge is 0.390 e. The van der Waals surface area contributed by atoms with E-state index in [1.807, 2.05) is 11.6 Å². The third-order valence-electron chi connectivity index (χ3n) is 3.30. The van der Waals surface area contributed by atoms with Gasteiger partial charge >= 0.3 is 0 Å². The minimum Gasteiger partial charge on any atom is -0.390 e. The summed E-state index contributed by atoms with van der Waals surface area (Å²) in [5.74, 6) is 0.413. The molecule has 4 heteroatoms. The van der Waals surface area contributed by atoms with Crippen molar-refractivity contribution >= 4 is 0 Å². The van der Waals surface area contributed by atoms with Crippen LogP contribution in [-0.2, 0) is 0 Å². The Morgan fingerprint density at radius 3 is 2.38 bits per heavy atom. The van der Waals surface area contributed by atoms with Crippen molar-refractivity contribution in [1.29, 1.82) is 0 Å². The molecule has 0 amide bonds. The molecule has 4 nitrogen and oxygen atoms in total. The molecule has 0 spiro atoms. The molecule has 16 heavy (non-hydrogen) atoms. The SMILES string of the molecule is Cc1cc(C(C)C)n(C2CC(O)C(O)C2)n1. The van der Waals surface area contributed by atoms with Crippen molar-refractivity contribution in [2.45, 2.75) is 57.8 Å². The van der Waals surface area contributed by atoms with Gasteiger partial charge in [0.25, 0.3) is 0 Å². The zero-order valence-corrected chi connectivity index (χ0v) is 10.1. The van der Waals surface area contributed by atoms with Crippen LogP contribution in [0.5, 0.6) is 0 Å². The Morgan fingerprint density at radius 2 is 1.88 bits per heavy atom. The van der Waals surface area contributed by atoms with Gasteiger partial charge in [0.2, 0.25) is 0 Å². The molecule has 1 aliphatic rings. The van der Waals surface area contributed by atoms with Gasteiger partial charge in [0.15, 0.2) is 0 Å². The highest BCUT2D eigenvalue weighted by molar-refractivity contribution is 5.14. The zero-order chi connectivity index (χ0) is 11.9. The topological polar surface area (TPSA) is 58.3 Å². The maximum atomic E-state index is 9.57. The molecule has 0 saturated heterocycles. The number of hydrogen-bond donors (Lipinski definition) is 2. The number of hydrogen-bond acceptors (Lipinski definition) is 3. The predicted molar refractivity (Wildman–Crippen MR) is 61.3 cm³/mol. The van der Waals surface area contributed by atoms with Crippen molar-refractivity contribution in [2.75, 3.05) is 0 Å². The van der Waals surface area contributed by atoms with Crippen molar-refractivity contribution in [3.8, 4) is 0 Å². The molecule has 0 aromatic carbocycles. The van der Waals surface area contributed by atoms with Crippen LogP contribution in [0, 0.1) is 6.92 Å². The third-order valence-corrected chi connectivity index (χ3v) is 3.30. The number of rotatable bonds is 2. The summed E-state index contributed by atoms with van der Waals surface area (Å²) in [4.78, 5) is 0. The molecule has 2 rings (SSSR count). The lowest BCUT2D eigenvalue weighted by atomic mass is 10.1. The maximum Gasteiger partial charge on any atom is 0.0820 e. The highest BCUT2D eigenvalue weighted by Crippen LogP contribution is 2.32. The summed E-state index contributed by atoms with van der Waals surface area (Å²) in [5, 5.41) is 23.6. The van der Waals surface area contributed by atoms with Crippen LogP contribution in [0.3, 0.4) is 0 Å². The van der Waals surface area contributed by atoms with Crippen LogP contribution in [0.2, 0.25) is 0 Å². The van der Waals surface area contributed by atoms with E-state index < -0.39 is 12.2 Å². The van der Waals surface area contributed by atoms with Crippen molar-refractivity contribution in [3.63, 3.8) is 0 Å². The molecule has 2 N–H and O–H groups in total. The molecule has 2 atom stereocenters. The van der Waals surface area contributed by atoms with Crippen LogP contribution in [0.25, 0.3) is 0 Å². The molecule has 90 valence electrons. The second-order valence-electron chi connectivity index (χ2n) is 5.07. The van der Waals surface area contributed by atoms with E-state index in [1.165, 1.54) is 5.69 Å². The smallest absolute Gasteiger partial charge is 0.0820 e. The average Bonchev–Trinajstić information content (AvgIpc) is 2.71. The molecule has 1 aromatic rings. The molecular weight excluding hydrogens is 204 g/mol. The van der Waals surface area contributed by atoms with E-state index in [-0.39, 0.29) is 6.04 Å². The van der Waals surface area contributed by atoms with E-state index in [2.05, 4.69) is 25.0 Å². The van der Waals surface area contributed by atoms with Crippen LogP contribution in [0.1, 0.15) is 50.0 Å². The van der Waals surface area contributed by atoms with Gasteiger partial charge in [-0.1, -0.05) is 13.8 Å². The molecule has 0 bridgehead atoms. The monoisotopic (exact) mass is 224 g/mol. The Labute approximate surface area is 95.9 Å². The lowest BCUT2D eigenvalue weighted by Crippen LogP contribution is -2.17. The van der Waals surface area contributed by atoms with E-state index >= 15 is 0 Å². The van der Waals surface area contributed by atoms with Crippen molar-refractivity contribution in [3.05, 3.63) is 17.5 Å². The first-order valence-corrected chi connectivity index (χ1v) is 5.91. The maximum absolute atomic E-state index is 9.57. The number of aromatic nitrogens is 2. The first-order valence-electron chi connectivity index (χ1n) is 5.91. The lowest BCUT2D eigenvalue weighted by molar-refractivity contribution is 0.0438. The van der Waals surface area contributed by atoms with Gasteiger partial charge in [-0.05, 0) is 31.7 Å². The summed E-state index contributed by atoms with van der Waals surface area (Å²) in [5.41, 5.74) is 2.18. The number of aliphatic hydroxyl groups is 2. The van der Waals surface area contributed by atoms with Gasteiger partial charge in [0.1, 0.15) is 0 Å². The Morgan fingerprint density at radius 1 is 1.31 bits per heavy atom. The standard InChI is InChI=1S/C12H20N2O2/c1-7(2)10-4-8(3)13-14(10)9-5-11(15)12(16)6-9/h4,7,9,11-12,15-16H,5-6H2,1-3H3. The molecular formula is C12H20N2O2. The van der Waals surface area contributed by atoms with Gasteiger partial charge in [0, 0.05) is 5.69 Å². The fraction of sp³-hybridized carbons (Fsp3) is 0.750. The third kappa shape index (κ3) is 1.99. The van der Waals surface area contributed by atoms with Gasteiger partial charge in [0.05, 0.1) is 23.9 Å². The van der Waals surface area contributed by atoms with Crippen LogP contribution < -0.4 is 0 Å². The molecule has 2 unspecified atom stereocenters. The van der Waals surface area contributed by atoms with E-state index in [1.54, 1.807) is 0 Å². The van der Waals surface area contributed by atoms with Gasteiger partial charge in [-0.3, -0.25) is 4.68 Å². The van der Waals surface area contributed by atoms with Crippen LogP contribution in [-0.4, -0.2) is 32.2 Å². The Kier molecular flexibility index (Phi) is 3.04. The molecule has 0 aliphatic heterocycles.